The summed E-state index contributed by atoms with van der Waals surface area (Å²) in [4.78, 5) is 46.7. The molecule has 3 aliphatic heterocycles. The number of aliphatic hydroxyl groups excluding tert-OH is 1. The maximum Gasteiger partial charge on any atom is 0.294 e. The Kier molecular flexibility index (Phi) is 5.70. The first-order chi connectivity index (χ1) is 17.4. The van der Waals surface area contributed by atoms with Crippen molar-refractivity contribution in [3.63, 3.8) is 0 Å². The molecular weight excluding hydrogens is 469 g/mol. The molecule has 4 unspecified atom stereocenters. The summed E-state index contributed by atoms with van der Waals surface area (Å²) in [5.74, 6) is -2.11. The second-order valence-electron chi connectivity index (χ2n) is 10.3. The summed E-state index contributed by atoms with van der Waals surface area (Å²) < 4.78 is 16.2. The van der Waals surface area contributed by atoms with Gasteiger partial charge in [0, 0.05) is 43.9 Å². The Morgan fingerprint density at radius 3 is 2.56 bits per heavy atom. The van der Waals surface area contributed by atoms with E-state index in [4.69, 9.17) is 0 Å². The van der Waals surface area contributed by atoms with Crippen LogP contribution in [0.3, 0.4) is 0 Å². The number of carbonyl (C=O) groups is 3. The molecule has 2 bridgehead atoms. The molecule has 3 fully saturated rings. The van der Waals surface area contributed by atoms with Gasteiger partial charge in [0.25, 0.3) is 5.91 Å². The number of aliphatic imine (C=N–C) groups is 1. The number of halogens is 1. The van der Waals surface area contributed by atoms with Gasteiger partial charge in [0.05, 0.1) is 36.7 Å². The van der Waals surface area contributed by atoms with Gasteiger partial charge in [-0.05, 0) is 37.5 Å². The van der Waals surface area contributed by atoms with Crippen LogP contribution >= 0.6 is 0 Å². The number of aliphatic hydroxyl groups is 1. The Balaban J connectivity index is 1.08. The van der Waals surface area contributed by atoms with Crippen molar-refractivity contribution >= 4 is 23.4 Å². The summed E-state index contributed by atoms with van der Waals surface area (Å²) in [5.41, 5.74) is 0.0431. The third kappa shape index (κ3) is 3.74. The second kappa shape index (κ2) is 8.91. The number of ketones is 1. The smallest absolute Gasteiger partial charge is 0.294 e. The summed E-state index contributed by atoms with van der Waals surface area (Å²) in [6, 6.07) is -0.678. The van der Waals surface area contributed by atoms with Crippen LogP contribution in [0.15, 0.2) is 41.2 Å². The van der Waals surface area contributed by atoms with E-state index in [1.165, 1.54) is 22.0 Å². The number of hydrogen-bond donors (Lipinski definition) is 2. The van der Waals surface area contributed by atoms with E-state index >= 15 is 0 Å². The third-order valence-electron chi connectivity index (χ3n) is 8.40. The number of carbonyl (C=O) groups excluding carboxylic acids is 3. The summed E-state index contributed by atoms with van der Waals surface area (Å²) in [7, 11) is 0. The summed E-state index contributed by atoms with van der Waals surface area (Å²) in [6.45, 7) is 1.21. The van der Waals surface area contributed by atoms with E-state index in [2.05, 4.69) is 20.6 Å². The van der Waals surface area contributed by atoms with Crippen molar-refractivity contribution < 1.29 is 23.9 Å². The van der Waals surface area contributed by atoms with Gasteiger partial charge in [-0.1, -0.05) is 5.21 Å². The molecule has 2 aliphatic carbocycles. The van der Waals surface area contributed by atoms with Crippen LogP contribution in [0.25, 0.3) is 0 Å². The lowest BCUT2D eigenvalue weighted by Crippen LogP contribution is -2.54. The van der Waals surface area contributed by atoms with Gasteiger partial charge in [-0.3, -0.25) is 14.4 Å². The van der Waals surface area contributed by atoms with Gasteiger partial charge in [-0.25, -0.2) is 14.1 Å². The first kappa shape index (κ1) is 23.0. The van der Waals surface area contributed by atoms with E-state index in [0.29, 0.717) is 24.8 Å². The zero-order chi connectivity index (χ0) is 25.0. The fraction of sp³-hybridized carbons (Fsp3) is 0.583. The van der Waals surface area contributed by atoms with Crippen LogP contribution in [-0.4, -0.2) is 91.7 Å². The highest BCUT2D eigenvalue weighted by atomic mass is 19.1. The molecule has 0 aromatic carbocycles. The Morgan fingerprint density at radius 1 is 1.06 bits per heavy atom. The minimum atomic E-state index is -0.974. The molecule has 11 nitrogen and oxygen atoms in total. The maximum absolute atomic E-state index is 14.8. The standard InChI is InChI=1S/C24H28FN7O4/c25-17-12-27-22(32-4-3-28-29-32)20-19(17)16(11-26-20)21(34)24(36)31-7-5-30(6-8-31)23(35)15-10-14-9-13(15)1-2-18(14)33/h3-4,11-15,18-20,26,33H,1-2,5-10H2/t13-,14+,15?,18?,19?,20?/m0/s1. The summed E-state index contributed by atoms with van der Waals surface area (Å²) >= 11 is 0. The highest BCUT2D eigenvalue weighted by molar-refractivity contribution is 6.43. The SMILES string of the molecule is O=C(C(=O)N1CCN(C(=O)C2C[C@H]3C[C@@H]2CCC3O)CC1)C1=CNC2C(n3ccnn3)=NC=C(F)C12. The van der Waals surface area contributed by atoms with Crippen LogP contribution in [0.5, 0.6) is 0 Å². The Labute approximate surface area is 206 Å². The lowest BCUT2D eigenvalue weighted by atomic mass is 9.85. The van der Waals surface area contributed by atoms with Crippen molar-refractivity contribution in [1.82, 2.24) is 30.1 Å². The zero-order valence-electron chi connectivity index (χ0n) is 19.7. The fourth-order valence-corrected chi connectivity index (χ4v) is 6.46. The number of hydrogen-bond acceptors (Lipinski definition) is 8. The topological polar surface area (TPSA) is 133 Å². The minimum absolute atomic E-state index is 0.0431. The van der Waals surface area contributed by atoms with Gasteiger partial charge in [-0.15, -0.1) is 5.10 Å². The number of nitrogens with one attached hydrogen (secondary N) is 1. The van der Waals surface area contributed by atoms with Crippen LogP contribution in [0, 0.1) is 23.7 Å². The third-order valence-corrected chi connectivity index (χ3v) is 8.40. The lowest BCUT2D eigenvalue weighted by Gasteiger charge is -2.36. The van der Waals surface area contributed by atoms with Crippen molar-refractivity contribution in [1.29, 1.82) is 0 Å². The molecule has 6 atom stereocenters. The van der Waals surface area contributed by atoms with Gasteiger partial charge in [0.2, 0.25) is 11.7 Å². The van der Waals surface area contributed by atoms with Crippen molar-refractivity contribution in [2.24, 2.45) is 28.7 Å². The molecule has 5 aliphatic rings. The molecule has 2 N–H and O–H groups in total. The normalized spacial score (nSPS) is 33.3. The average Bonchev–Trinajstić information content (AvgIpc) is 3.65. The molecule has 6 rings (SSSR count). The van der Waals surface area contributed by atoms with E-state index < -0.39 is 29.5 Å². The molecule has 1 aromatic rings. The molecule has 1 aromatic heterocycles. The van der Waals surface area contributed by atoms with Gasteiger partial charge < -0.3 is 20.2 Å². The molecule has 2 saturated carbocycles. The molecule has 12 heteroatoms. The number of aromatic nitrogens is 3. The lowest BCUT2D eigenvalue weighted by molar-refractivity contribution is -0.147. The number of Topliss-reactive ketones (excluding diaryl/α,β-unsaturated/α-hetero) is 1. The van der Waals surface area contributed by atoms with Gasteiger partial charge in [-0.2, -0.15) is 0 Å². The van der Waals surface area contributed by atoms with E-state index in [-0.39, 0.29) is 42.5 Å². The van der Waals surface area contributed by atoms with Gasteiger partial charge in [0.15, 0.2) is 5.84 Å². The first-order valence-electron chi connectivity index (χ1n) is 12.5. The van der Waals surface area contributed by atoms with Crippen molar-refractivity contribution in [2.75, 3.05) is 26.2 Å². The molecular formula is C24H28FN7O4. The molecule has 1 saturated heterocycles. The summed E-state index contributed by atoms with van der Waals surface area (Å²) in [6.07, 6.45) is 8.43. The predicted molar refractivity (Wildman–Crippen MR) is 124 cm³/mol. The predicted octanol–water partition coefficient (Wildman–Crippen LogP) is -0.142. The summed E-state index contributed by atoms with van der Waals surface area (Å²) in [5, 5.41) is 20.7. The van der Waals surface area contributed by atoms with Crippen LogP contribution < -0.4 is 5.32 Å². The molecule has 36 heavy (non-hydrogen) atoms. The van der Waals surface area contributed by atoms with E-state index in [0.717, 1.165) is 31.9 Å². The highest BCUT2D eigenvalue weighted by Crippen LogP contribution is 2.46. The molecule has 0 spiro atoms. The Bertz CT molecular complexity index is 1170. The second-order valence-corrected chi connectivity index (χ2v) is 10.3. The van der Waals surface area contributed by atoms with E-state index in [9.17, 15) is 23.9 Å². The average molecular weight is 498 g/mol. The van der Waals surface area contributed by atoms with Crippen molar-refractivity contribution in [2.45, 2.75) is 37.8 Å². The van der Waals surface area contributed by atoms with Gasteiger partial charge >= 0.3 is 0 Å². The molecule has 2 amide bonds. The largest absolute Gasteiger partial charge is 0.393 e. The highest BCUT2D eigenvalue weighted by Gasteiger charge is 2.47. The quantitative estimate of drug-likeness (QED) is 0.556. The number of piperazine rings is 1. The molecule has 190 valence electrons. The molecule has 0 radical (unpaired) electrons. The van der Waals surface area contributed by atoms with Crippen LogP contribution in [0.4, 0.5) is 4.39 Å². The van der Waals surface area contributed by atoms with Gasteiger partial charge in [0.1, 0.15) is 5.83 Å². The first-order valence-corrected chi connectivity index (χ1v) is 12.5. The number of nitrogens with zero attached hydrogens (tertiary/aromatic N) is 6. The monoisotopic (exact) mass is 497 g/mol. The van der Waals surface area contributed by atoms with Crippen LogP contribution in [0.1, 0.15) is 25.7 Å². The maximum atomic E-state index is 14.8. The number of fused-ring (bicyclic) bond motifs is 3. The number of amides is 2. The zero-order valence-corrected chi connectivity index (χ0v) is 19.7. The van der Waals surface area contributed by atoms with Crippen LogP contribution in [0.2, 0.25) is 0 Å². The number of rotatable bonds is 3. The Morgan fingerprint density at radius 2 is 1.83 bits per heavy atom. The van der Waals surface area contributed by atoms with Crippen molar-refractivity contribution in [3.05, 3.63) is 36.2 Å². The van der Waals surface area contributed by atoms with Crippen molar-refractivity contribution in [3.8, 4) is 0 Å². The molecule has 4 heterocycles. The van der Waals surface area contributed by atoms with Crippen LogP contribution in [-0.2, 0) is 14.4 Å². The Hall–Kier alpha value is -3.41. The minimum Gasteiger partial charge on any atom is -0.393 e. The van der Waals surface area contributed by atoms with E-state index in [1.54, 1.807) is 11.1 Å². The van der Waals surface area contributed by atoms with E-state index in [1.807, 2.05) is 0 Å². The fourth-order valence-electron chi connectivity index (χ4n) is 6.46.